The van der Waals surface area contributed by atoms with Crippen molar-refractivity contribution < 1.29 is 9.90 Å². The fraction of sp³-hybridized carbons (Fsp3) is 0.188. The van der Waals surface area contributed by atoms with Gasteiger partial charge in [-0.25, -0.2) is 0 Å². The molecule has 3 N–H and O–H groups in total. The van der Waals surface area contributed by atoms with Crippen LogP contribution in [-0.2, 0) is 4.79 Å². The second kappa shape index (κ2) is 7.01. The molecule has 0 bridgehead atoms. The first-order chi connectivity index (χ1) is 9.66. The molecule has 0 aliphatic rings. The van der Waals surface area contributed by atoms with E-state index in [-0.39, 0.29) is 11.7 Å². The first-order valence-corrected chi connectivity index (χ1v) is 7.32. The van der Waals surface area contributed by atoms with E-state index in [0.717, 1.165) is 16.1 Å². The Kier molecular flexibility index (Phi) is 5.07. The van der Waals surface area contributed by atoms with Crippen LogP contribution in [0.2, 0.25) is 0 Å². The number of hydrogen-bond donors (Lipinski definition) is 2. The summed E-state index contributed by atoms with van der Waals surface area (Å²) in [6, 6.07) is 17.6. The molecule has 0 amide bonds. The van der Waals surface area contributed by atoms with E-state index < -0.39 is 5.97 Å². The summed E-state index contributed by atoms with van der Waals surface area (Å²) in [6.07, 6.45) is 0.734. The summed E-state index contributed by atoms with van der Waals surface area (Å²) in [5, 5.41) is 8.99. The zero-order valence-electron chi connectivity index (χ0n) is 11.0. The minimum atomic E-state index is -0.771. The molecule has 0 unspecified atom stereocenters. The number of carboxylic acid groups (broad SMARTS) is 1. The van der Waals surface area contributed by atoms with Crippen molar-refractivity contribution in [2.75, 3.05) is 5.73 Å². The van der Waals surface area contributed by atoms with Gasteiger partial charge >= 0.3 is 5.97 Å². The number of benzene rings is 2. The highest BCUT2D eigenvalue weighted by molar-refractivity contribution is 7.99. The quantitative estimate of drug-likeness (QED) is 0.623. The van der Waals surface area contributed by atoms with Crippen LogP contribution in [0.15, 0.2) is 59.5 Å². The van der Waals surface area contributed by atoms with E-state index in [1.165, 1.54) is 0 Å². The lowest BCUT2D eigenvalue weighted by Gasteiger charge is -2.17. The van der Waals surface area contributed by atoms with E-state index in [1.54, 1.807) is 11.8 Å². The number of thioether (sulfide) groups is 1. The van der Waals surface area contributed by atoms with E-state index in [0.29, 0.717) is 6.42 Å². The molecule has 2 aromatic carbocycles. The van der Waals surface area contributed by atoms with Gasteiger partial charge in [-0.05, 0) is 24.1 Å². The summed E-state index contributed by atoms with van der Waals surface area (Å²) in [4.78, 5) is 11.8. The molecule has 0 heterocycles. The molecule has 104 valence electrons. The third-order valence-corrected chi connectivity index (χ3v) is 4.40. The van der Waals surface area contributed by atoms with Crippen LogP contribution in [0.5, 0.6) is 0 Å². The van der Waals surface area contributed by atoms with Crippen LogP contribution < -0.4 is 5.73 Å². The molecule has 20 heavy (non-hydrogen) atoms. The summed E-state index contributed by atoms with van der Waals surface area (Å²) >= 11 is 1.62. The molecule has 0 saturated carbocycles. The fourth-order valence-electron chi connectivity index (χ4n) is 1.96. The molecule has 0 spiro atoms. The molecule has 0 aliphatic carbocycles. The standard InChI is InChI=1S/C16H17NO2S/c17-13-8-4-5-9-15(13)20-14(10-11-16(18)19)12-6-2-1-3-7-12/h1-9,14H,10-11,17H2,(H,18,19)/t14-/m1/s1. The average molecular weight is 287 g/mol. The SMILES string of the molecule is Nc1ccccc1S[C@H](CCC(=O)O)c1ccccc1. The van der Waals surface area contributed by atoms with Crippen molar-refractivity contribution in [1.29, 1.82) is 0 Å². The highest BCUT2D eigenvalue weighted by atomic mass is 32.2. The number of nitrogen functional groups attached to an aromatic ring is 1. The van der Waals surface area contributed by atoms with E-state index in [9.17, 15) is 4.79 Å². The van der Waals surface area contributed by atoms with Gasteiger partial charge in [0, 0.05) is 22.3 Å². The van der Waals surface area contributed by atoms with Crippen molar-refractivity contribution in [3.05, 3.63) is 60.2 Å². The number of para-hydroxylation sites is 1. The first kappa shape index (κ1) is 14.5. The summed E-state index contributed by atoms with van der Waals surface area (Å²) in [5.41, 5.74) is 7.82. The maximum absolute atomic E-state index is 10.8. The van der Waals surface area contributed by atoms with Crippen LogP contribution in [0.25, 0.3) is 0 Å². The topological polar surface area (TPSA) is 63.3 Å². The fourth-order valence-corrected chi connectivity index (χ4v) is 3.15. The van der Waals surface area contributed by atoms with E-state index in [2.05, 4.69) is 0 Å². The van der Waals surface area contributed by atoms with Crippen LogP contribution in [0.4, 0.5) is 5.69 Å². The molecule has 2 aromatic rings. The Morgan fingerprint density at radius 1 is 1.10 bits per heavy atom. The van der Waals surface area contributed by atoms with E-state index in [1.807, 2.05) is 54.6 Å². The molecule has 3 nitrogen and oxygen atoms in total. The summed E-state index contributed by atoms with van der Waals surface area (Å²) in [6.45, 7) is 0. The van der Waals surface area contributed by atoms with Gasteiger partial charge in [-0.15, -0.1) is 11.8 Å². The monoisotopic (exact) mass is 287 g/mol. The Bertz CT molecular complexity index is 572. The van der Waals surface area contributed by atoms with Crippen molar-refractivity contribution in [2.24, 2.45) is 0 Å². The van der Waals surface area contributed by atoms with Gasteiger partial charge < -0.3 is 10.8 Å². The van der Waals surface area contributed by atoms with Gasteiger partial charge in [0.05, 0.1) is 0 Å². The third-order valence-electron chi connectivity index (χ3n) is 2.98. The van der Waals surface area contributed by atoms with Crippen LogP contribution >= 0.6 is 11.8 Å². The maximum Gasteiger partial charge on any atom is 0.303 e. The van der Waals surface area contributed by atoms with Gasteiger partial charge in [0.25, 0.3) is 0 Å². The number of rotatable bonds is 6. The summed E-state index contributed by atoms with van der Waals surface area (Å²) in [5.74, 6) is -0.771. The van der Waals surface area contributed by atoms with Crippen LogP contribution in [0.3, 0.4) is 0 Å². The third kappa shape index (κ3) is 4.03. The smallest absolute Gasteiger partial charge is 0.303 e. The minimum Gasteiger partial charge on any atom is -0.481 e. The highest BCUT2D eigenvalue weighted by Crippen LogP contribution is 2.40. The van der Waals surface area contributed by atoms with Crippen molar-refractivity contribution in [2.45, 2.75) is 23.0 Å². The highest BCUT2D eigenvalue weighted by Gasteiger charge is 2.15. The zero-order chi connectivity index (χ0) is 14.4. The Hall–Kier alpha value is -1.94. The van der Waals surface area contributed by atoms with Crippen LogP contribution in [-0.4, -0.2) is 11.1 Å². The molecule has 4 heteroatoms. The van der Waals surface area contributed by atoms with E-state index in [4.69, 9.17) is 10.8 Å². The Morgan fingerprint density at radius 2 is 1.75 bits per heavy atom. The Balaban J connectivity index is 2.18. The van der Waals surface area contributed by atoms with Crippen molar-refractivity contribution in [1.82, 2.24) is 0 Å². The van der Waals surface area contributed by atoms with Crippen LogP contribution in [0.1, 0.15) is 23.7 Å². The molecule has 0 radical (unpaired) electrons. The zero-order valence-corrected chi connectivity index (χ0v) is 11.8. The Labute approximate surface area is 122 Å². The number of hydrogen-bond acceptors (Lipinski definition) is 3. The first-order valence-electron chi connectivity index (χ1n) is 6.44. The lowest BCUT2D eigenvalue weighted by molar-refractivity contribution is -0.137. The van der Waals surface area contributed by atoms with Crippen LogP contribution in [0, 0.1) is 0 Å². The molecule has 0 aromatic heterocycles. The minimum absolute atomic E-state index is 0.0944. The summed E-state index contributed by atoms with van der Waals surface area (Å²) in [7, 11) is 0. The van der Waals surface area contributed by atoms with E-state index >= 15 is 0 Å². The molecule has 0 aliphatic heterocycles. The Morgan fingerprint density at radius 3 is 2.40 bits per heavy atom. The second-order valence-corrected chi connectivity index (χ2v) is 5.73. The lowest BCUT2D eigenvalue weighted by Crippen LogP contribution is -2.01. The second-order valence-electron chi connectivity index (χ2n) is 4.49. The van der Waals surface area contributed by atoms with Gasteiger partial charge in [-0.3, -0.25) is 4.79 Å². The maximum atomic E-state index is 10.8. The van der Waals surface area contributed by atoms with Gasteiger partial charge in [0.1, 0.15) is 0 Å². The summed E-state index contributed by atoms with van der Waals surface area (Å²) < 4.78 is 0. The number of carboxylic acids is 1. The normalized spacial score (nSPS) is 12.0. The van der Waals surface area contributed by atoms with Crippen molar-refractivity contribution in [3.8, 4) is 0 Å². The molecule has 1 atom stereocenters. The van der Waals surface area contributed by atoms with Crippen molar-refractivity contribution >= 4 is 23.4 Å². The predicted molar refractivity (Wildman–Crippen MR) is 82.8 cm³/mol. The number of carbonyl (C=O) groups is 1. The molecule has 2 rings (SSSR count). The molecular weight excluding hydrogens is 270 g/mol. The molecular formula is C16H17NO2S. The van der Waals surface area contributed by atoms with Gasteiger partial charge in [0.15, 0.2) is 0 Å². The average Bonchev–Trinajstić information content (AvgIpc) is 2.46. The van der Waals surface area contributed by atoms with Gasteiger partial charge in [0.2, 0.25) is 0 Å². The van der Waals surface area contributed by atoms with Crippen molar-refractivity contribution in [3.63, 3.8) is 0 Å². The lowest BCUT2D eigenvalue weighted by atomic mass is 10.1. The number of anilines is 1. The number of nitrogens with two attached hydrogens (primary N) is 1. The molecule has 0 saturated heterocycles. The van der Waals surface area contributed by atoms with Gasteiger partial charge in [-0.2, -0.15) is 0 Å². The number of aliphatic carboxylic acids is 1. The molecule has 0 fully saturated rings. The predicted octanol–water partition coefficient (Wildman–Crippen LogP) is 3.97. The largest absolute Gasteiger partial charge is 0.481 e. The van der Waals surface area contributed by atoms with Gasteiger partial charge in [-0.1, -0.05) is 42.5 Å².